The molecule has 18 nitrogen and oxygen atoms in total. The quantitative estimate of drug-likeness (QED) is 0.157. The molecule has 18 heteroatoms. The molecular formula is C114H174N18. The van der Waals surface area contributed by atoms with Gasteiger partial charge in [-0.15, -0.1) is 0 Å². The predicted octanol–water partition coefficient (Wildman–Crippen LogP) is 32.3. The van der Waals surface area contributed by atoms with Gasteiger partial charge in [-0.2, -0.15) is 0 Å². The van der Waals surface area contributed by atoms with Crippen LogP contribution in [0.25, 0.3) is 0 Å². The molecule has 18 rings (SSSR count). The first kappa shape index (κ1) is 118. The van der Waals surface area contributed by atoms with E-state index in [1.165, 1.54) is 113 Å². The Morgan fingerprint density at radius 1 is 0.182 bits per heavy atom. The number of para-hydroxylation sites is 13. The van der Waals surface area contributed by atoms with Crippen molar-refractivity contribution >= 4 is 103 Å². The highest BCUT2D eigenvalue weighted by Gasteiger charge is 2.38. The first-order valence-corrected chi connectivity index (χ1v) is 49.3. The van der Waals surface area contributed by atoms with Gasteiger partial charge in [-0.1, -0.05) is 263 Å². The molecule has 0 spiro atoms. The standard InChI is InChI=1S/C16H18N2.4C15H17N3.C14H16N4.12C2H6/c1-12-8-4-5-9-14(12)18-13(2)17(3)15-10-6-7-11-16(15)18;1-11-7-6-10-16-15(11)18-12(2)17(3)13-8-4-5-9-14(13)18;1-11-13(9-6-10-16-11)18-12(2)17(3)14-7-4-5-8-15(14)18;1-11-10-16-9-8-13(11)18-12(2)17(3)14-6-4-5-7-15(14)18;1-11-8-9-16-10-15(11)18-12(2)17(3)13-6-4-5-7-14(13)18;1-10-14(8-15-9-16-10)18-11(2)17(3)12-6-4-5-7-13(12)18;12*1-2/h4-11,13H,1-3H3;4*4-10,12H,1-3H3;4-9,11H,1-3H3;12*1-2H3. The zero-order chi connectivity index (χ0) is 100. The van der Waals surface area contributed by atoms with Gasteiger partial charge in [0.25, 0.3) is 0 Å². The molecule has 0 amide bonds. The van der Waals surface area contributed by atoms with Crippen molar-refractivity contribution in [2.45, 2.75) is 286 Å². The number of aryl methyl sites for hydroxylation is 6. The number of nitrogens with zero attached hydrogens (tertiary/aromatic N) is 18. The van der Waals surface area contributed by atoms with Crippen LogP contribution < -0.4 is 58.8 Å². The van der Waals surface area contributed by atoms with Gasteiger partial charge in [0.1, 0.15) is 49.1 Å². The third kappa shape index (κ3) is 28.0. The summed E-state index contributed by atoms with van der Waals surface area (Å²) in [6.07, 6.45) is 16.6. The number of anilines is 18. The van der Waals surface area contributed by atoms with Crippen molar-refractivity contribution in [2.24, 2.45) is 0 Å². The van der Waals surface area contributed by atoms with Gasteiger partial charge in [-0.25, -0.2) is 15.0 Å². The lowest BCUT2D eigenvalue weighted by Crippen LogP contribution is -2.36. The molecule has 720 valence electrons. The SMILES string of the molecule is CC.CC.CC.CC.CC.CC.CC.CC.CC.CC.CC.CC.Cc1ccccc1N1c2ccccc2N(C)C1C.Cc1cccnc1N1c2ccccc2N(C)C1C.Cc1ccncc1N1c2ccccc2N(C)C1C.Cc1cnccc1N1c2ccccc2N(C)C1C.Cc1ncccc1N1c2ccccc2N(C)C1C.Cc1ncncc1N1c2ccccc2N(C)C1C. The molecule has 6 aliphatic heterocycles. The van der Waals surface area contributed by atoms with E-state index in [-0.39, 0.29) is 12.3 Å². The number of rotatable bonds is 6. The minimum Gasteiger partial charge on any atom is -0.353 e. The van der Waals surface area contributed by atoms with Gasteiger partial charge < -0.3 is 58.8 Å². The zero-order valence-electron chi connectivity index (χ0n) is 89.8. The van der Waals surface area contributed by atoms with Gasteiger partial charge in [0.05, 0.1) is 109 Å². The Kier molecular flexibility index (Phi) is 56.2. The van der Waals surface area contributed by atoms with Crippen molar-refractivity contribution in [3.05, 3.63) is 290 Å². The lowest BCUT2D eigenvalue weighted by molar-refractivity contribution is 0.725. The molecule has 7 aromatic carbocycles. The smallest absolute Gasteiger partial charge is 0.137 e. The molecule has 0 saturated heterocycles. The van der Waals surface area contributed by atoms with Crippen LogP contribution in [0.1, 0.15) is 241 Å². The summed E-state index contributed by atoms with van der Waals surface area (Å²) in [5.74, 6) is 1.04. The third-order valence-corrected chi connectivity index (χ3v) is 22.2. The Bertz CT molecular complexity index is 4300. The largest absolute Gasteiger partial charge is 0.353 e. The summed E-state index contributed by atoms with van der Waals surface area (Å²) in [6.45, 7) is 73.9. The van der Waals surface area contributed by atoms with Crippen molar-refractivity contribution in [2.75, 3.05) is 101 Å². The fourth-order valence-corrected chi connectivity index (χ4v) is 15.6. The fourth-order valence-electron chi connectivity index (χ4n) is 15.6. The van der Waals surface area contributed by atoms with E-state index < -0.39 is 0 Å². The maximum Gasteiger partial charge on any atom is 0.137 e. The molecule has 0 aliphatic carbocycles. The van der Waals surface area contributed by atoms with E-state index in [9.17, 15) is 0 Å². The molecule has 0 radical (unpaired) electrons. The van der Waals surface area contributed by atoms with Crippen LogP contribution in [0.4, 0.5) is 103 Å². The molecular weight excluding hydrogens is 1620 g/mol. The van der Waals surface area contributed by atoms with Gasteiger partial charge in [-0.3, -0.25) is 15.0 Å². The highest BCUT2D eigenvalue weighted by atomic mass is 15.4. The molecule has 0 fully saturated rings. The van der Waals surface area contributed by atoms with Crippen molar-refractivity contribution < 1.29 is 0 Å². The second-order valence-electron chi connectivity index (χ2n) is 28.5. The number of pyridine rings is 4. The molecule has 132 heavy (non-hydrogen) atoms. The van der Waals surface area contributed by atoms with Crippen LogP contribution in [0.15, 0.2) is 256 Å². The Balaban J connectivity index is 0.000000756. The van der Waals surface area contributed by atoms with Gasteiger partial charge >= 0.3 is 0 Å². The van der Waals surface area contributed by atoms with Gasteiger partial charge in [0, 0.05) is 84.6 Å². The van der Waals surface area contributed by atoms with Crippen LogP contribution in [0.5, 0.6) is 0 Å². The lowest BCUT2D eigenvalue weighted by atomic mass is 10.1. The molecule has 11 heterocycles. The average Bonchev–Trinajstić information content (AvgIpc) is 1.66. The zero-order valence-corrected chi connectivity index (χ0v) is 89.8. The van der Waals surface area contributed by atoms with Crippen LogP contribution in [0.3, 0.4) is 0 Å². The van der Waals surface area contributed by atoms with Crippen molar-refractivity contribution in [1.29, 1.82) is 0 Å². The number of benzene rings is 7. The van der Waals surface area contributed by atoms with Crippen molar-refractivity contribution in [3.63, 3.8) is 0 Å². The predicted molar refractivity (Wildman–Crippen MR) is 589 cm³/mol. The number of aromatic nitrogens is 6. The monoisotopic (exact) mass is 1800 g/mol. The fraction of sp³-hybridized carbons (Fsp3) is 0.421. The highest BCUT2D eigenvalue weighted by Crippen LogP contribution is 2.50. The molecule has 0 bridgehead atoms. The Morgan fingerprint density at radius 3 is 0.742 bits per heavy atom. The van der Waals surface area contributed by atoms with Crippen molar-refractivity contribution in [1.82, 2.24) is 29.9 Å². The topological polar surface area (TPSA) is 116 Å². The van der Waals surface area contributed by atoms with Crippen LogP contribution in [-0.4, -0.2) is 109 Å². The summed E-state index contributed by atoms with van der Waals surface area (Å²) in [6, 6.07) is 71.9. The number of hydrogen-bond donors (Lipinski definition) is 0. The summed E-state index contributed by atoms with van der Waals surface area (Å²) < 4.78 is 0. The maximum atomic E-state index is 4.54. The van der Waals surface area contributed by atoms with Gasteiger partial charge in [-0.05, 0) is 215 Å². The van der Waals surface area contributed by atoms with E-state index >= 15 is 0 Å². The summed E-state index contributed by atoms with van der Waals surface area (Å²) in [5.41, 5.74) is 28.1. The van der Waals surface area contributed by atoms with Gasteiger partial charge in [0.15, 0.2) is 0 Å². The third-order valence-electron chi connectivity index (χ3n) is 22.2. The molecule has 0 saturated carbocycles. The second-order valence-corrected chi connectivity index (χ2v) is 28.5. The van der Waals surface area contributed by atoms with Crippen LogP contribution in [0.2, 0.25) is 0 Å². The minimum absolute atomic E-state index is 0.270. The summed E-state index contributed by atoms with van der Waals surface area (Å²) >= 11 is 0. The van der Waals surface area contributed by atoms with Crippen LogP contribution in [0, 0.1) is 41.5 Å². The average molecular weight is 1800 g/mol. The second kappa shape index (κ2) is 63.0. The Morgan fingerprint density at radius 2 is 0.417 bits per heavy atom. The molecule has 6 unspecified atom stereocenters. The summed E-state index contributed by atoms with van der Waals surface area (Å²) in [4.78, 5) is 53.6. The van der Waals surface area contributed by atoms with Crippen LogP contribution >= 0.6 is 0 Å². The van der Waals surface area contributed by atoms with E-state index in [0.717, 1.165) is 22.9 Å². The Hall–Kier alpha value is -12.2. The van der Waals surface area contributed by atoms with Crippen molar-refractivity contribution in [3.8, 4) is 0 Å². The Labute approximate surface area is 804 Å². The van der Waals surface area contributed by atoms with E-state index in [1.807, 2.05) is 229 Å². The van der Waals surface area contributed by atoms with E-state index in [4.69, 9.17) is 0 Å². The highest BCUT2D eigenvalue weighted by molar-refractivity contribution is 5.89. The van der Waals surface area contributed by atoms with E-state index in [0.29, 0.717) is 24.7 Å². The first-order valence-electron chi connectivity index (χ1n) is 49.3. The summed E-state index contributed by atoms with van der Waals surface area (Å²) in [5, 5.41) is 0. The maximum absolute atomic E-state index is 4.54. The van der Waals surface area contributed by atoms with E-state index in [2.05, 4.69) is 401 Å². The molecule has 12 aromatic rings. The lowest BCUT2D eigenvalue weighted by Gasteiger charge is -2.28. The number of hydrogen-bond acceptors (Lipinski definition) is 18. The molecule has 6 aliphatic rings. The van der Waals surface area contributed by atoms with Gasteiger partial charge in [0.2, 0.25) is 0 Å². The van der Waals surface area contributed by atoms with E-state index in [1.54, 1.807) is 6.33 Å². The molecule has 6 atom stereocenters. The molecule has 0 N–H and O–H groups in total. The minimum atomic E-state index is 0.270. The first-order chi connectivity index (χ1) is 64.2. The normalized spacial score (nSPS) is 15.3. The summed E-state index contributed by atoms with van der Waals surface area (Å²) in [7, 11) is 12.8. The van der Waals surface area contributed by atoms with Crippen LogP contribution in [-0.2, 0) is 0 Å². The molecule has 5 aromatic heterocycles. The number of fused-ring (bicyclic) bond motifs is 6.